The van der Waals surface area contributed by atoms with Crippen LogP contribution in [0, 0.1) is 0 Å². The van der Waals surface area contributed by atoms with Gasteiger partial charge in [0.2, 0.25) is 10.0 Å². The van der Waals surface area contributed by atoms with Crippen LogP contribution >= 0.6 is 0 Å². The number of para-hydroxylation sites is 1. The highest BCUT2D eigenvalue weighted by atomic mass is 32.2. The monoisotopic (exact) mass is 409 g/mol. The zero-order valence-electron chi connectivity index (χ0n) is 14.2. The molecule has 1 N–H and O–H groups in total. The largest absolute Gasteiger partial charge is 0.573 e. The summed E-state index contributed by atoms with van der Waals surface area (Å²) in [6, 6.07) is 11.3. The van der Waals surface area contributed by atoms with Crippen LogP contribution in [0.1, 0.15) is 5.56 Å². The lowest BCUT2D eigenvalue weighted by molar-refractivity contribution is -0.275. The molecule has 3 rings (SSSR count). The molecule has 6 nitrogen and oxygen atoms in total. The maximum absolute atomic E-state index is 12.5. The first-order valence-electron chi connectivity index (χ1n) is 7.94. The van der Waals surface area contributed by atoms with Gasteiger partial charge in [0.05, 0.1) is 5.69 Å². The predicted molar refractivity (Wildman–Crippen MR) is 94.6 cm³/mol. The van der Waals surface area contributed by atoms with Crippen molar-refractivity contribution in [2.75, 3.05) is 0 Å². The van der Waals surface area contributed by atoms with Crippen molar-refractivity contribution in [2.45, 2.75) is 17.8 Å². The van der Waals surface area contributed by atoms with Gasteiger partial charge in [0, 0.05) is 30.7 Å². The van der Waals surface area contributed by atoms with Gasteiger partial charge < -0.3 is 4.74 Å². The predicted octanol–water partition coefficient (Wildman–Crippen LogP) is 3.52. The maximum Gasteiger partial charge on any atom is 0.573 e. The zero-order valence-corrected chi connectivity index (χ0v) is 15.0. The van der Waals surface area contributed by atoms with Gasteiger partial charge in [-0.15, -0.1) is 13.2 Å². The van der Waals surface area contributed by atoms with Gasteiger partial charge in [0.1, 0.15) is 10.6 Å². The number of hydrogen-bond donors (Lipinski definition) is 1. The summed E-state index contributed by atoms with van der Waals surface area (Å²) in [5, 5.41) is 0. The van der Waals surface area contributed by atoms with E-state index >= 15 is 0 Å². The van der Waals surface area contributed by atoms with E-state index in [1.807, 2.05) is 0 Å². The van der Waals surface area contributed by atoms with E-state index in [4.69, 9.17) is 0 Å². The maximum atomic E-state index is 12.5. The number of benzene rings is 1. The molecule has 0 spiro atoms. The van der Waals surface area contributed by atoms with Gasteiger partial charge in [-0.1, -0.05) is 12.1 Å². The summed E-state index contributed by atoms with van der Waals surface area (Å²) in [6.45, 7) is -0.136. The average molecular weight is 409 g/mol. The fourth-order valence-corrected chi connectivity index (χ4v) is 3.55. The fraction of sp³-hybridized carbons (Fsp3) is 0.111. The van der Waals surface area contributed by atoms with Crippen LogP contribution in [0.15, 0.2) is 72.0 Å². The molecule has 0 saturated carbocycles. The molecule has 0 atom stereocenters. The summed E-state index contributed by atoms with van der Waals surface area (Å²) in [4.78, 5) is 7.53. The number of aromatic nitrogens is 2. The number of nitrogens with zero attached hydrogens (tertiary/aromatic N) is 2. The Balaban J connectivity index is 1.80. The van der Waals surface area contributed by atoms with Crippen LogP contribution in [0.25, 0.3) is 11.3 Å². The Labute approximate surface area is 159 Å². The van der Waals surface area contributed by atoms with Crippen LogP contribution in [0.2, 0.25) is 0 Å². The molecule has 146 valence electrons. The molecule has 2 heterocycles. The summed E-state index contributed by atoms with van der Waals surface area (Å²) < 4.78 is 68.6. The minimum absolute atomic E-state index is 0.136. The SMILES string of the molecule is O=S(=O)(NCc1ccnc(-c2ccncc2)c1)c1ccccc1OC(F)(F)F. The molecule has 0 aliphatic heterocycles. The third-order valence-electron chi connectivity index (χ3n) is 3.63. The number of halogens is 3. The Kier molecular flexibility index (Phi) is 5.61. The quantitative estimate of drug-likeness (QED) is 0.674. The summed E-state index contributed by atoms with van der Waals surface area (Å²) >= 11 is 0. The second-order valence-electron chi connectivity index (χ2n) is 5.60. The molecule has 0 aliphatic rings. The zero-order chi connectivity index (χ0) is 20.2. The lowest BCUT2D eigenvalue weighted by Crippen LogP contribution is -2.25. The number of pyridine rings is 2. The van der Waals surface area contributed by atoms with E-state index in [0.717, 1.165) is 17.7 Å². The molecule has 0 amide bonds. The highest BCUT2D eigenvalue weighted by molar-refractivity contribution is 7.89. The van der Waals surface area contributed by atoms with Crippen molar-refractivity contribution in [1.29, 1.82) is 0 Å². The summed E-state index contributed by atoms with van der Waals surface area (Å²) in [6.07, 6.45) is -0.287. The normalized spacial score (nSPS) is 12.0. The van der Waals surface area contributed by atoms with Crippen molar-refractivity contribution < 1.29 is 26.3 Å². The molecular weight excluding hydrogens is 395 g/mol. The number of rotatable bonds is 6. The third kappa shape index (κ3) is 5.05. The van der Waals surface area contributed by atoms with Gasteiger partial charge in [-0.25, -0.2) is 13.1 Å². The Morgan fingerprint density at radius 2 is 1.71 bits per heavy atom. The van der Waals surface area contributed by atoms with E-state index in [1.54, 1.807) is 36.7 Å². The van der Waals surface area contributed by atoms with Crippen molar-refractivity contribution in [2.24, 2.45) is 0 Å². The van der Waals surface area contributed by atoms with Crippen molar-refractivity contribution in [3.63, 3.8) is 0 Å². The molecule has 10 heteroatoms. The van der Waals surface area contributed by atoms with Crippen LogP contribution in [0.5, 0.6) is 5.75 Å². The van der Waals surface area contributed by atoms with Crippen LogP contribution in [-0.4, -0.2) is 24.7 Å². The van der Waals surface area contributed by atoms with Crippen LogP contribution in [0.4, 0.5) is 13.2 Å². The second-order valence-corrected chi connectivity index (χ2v) is 7.34. The Bertz CT molecular complexity index is 1060. The number of nitrogens with one attached hydrogen (secondary N) is 1. The molecule has 0 bridgehead atoms. The molecule has 28 heavy (non-hydrogen) atoms. The number of sulfonamides is 1. The first kappa shape index (κ1) is 19.8. The van der Waals surface area contributed by atoms with Gasteiger partial charge in [0.25, 0.3) is 0 Å². The van der Waals surface area contributed by atoms with Crippen molar-refractivity contribution in [3.8, 4) is 17.0 Å². The topological polar surface area (TPSA) is 81.2 Å². The Morgan fingerprint density at radius 1 is 1.00 bits per heavy atom. The first-order chi connectivity index (χ1) is 13.2. The molecule has 0 radical (unpaired) electrons. The molecule has 0 saturated heterocycles. The molecular formula is C18H14F3N3O3S. The molecule has 1 aromatic carbocycles. The van der Waals surface area contributed by atoms with E-state index < -0.39 is 27.0 Å². The van der Waals surface area contributed by atoms with Gasteiger partial charge in [-0.05, 0) is 42.0 Å². The molecule has 0 unspecified atom stereocenters. The van der Waals surface area contributed by atoms with E-state index in [2.05, 4.69) is 19.4 Å². The first-order valence-corrected chi connectivity index (χ1v) is 9.43. The molecule has 2 aromatic heterocycles. The Morgan fingerprint density at radius 3 is 2.43 bits per heavy atom. The highest BCUT2D eigenvalue weighted by Gasteiger charge is 2.33. The molecule has 3 aromatic rings. The van der Waals surface area contributed by atoms with Gasteiger partial charge in [-0.3, -0.25) is 9.97 Å². The minimum atomic E-state index is -5.00. The van der Waals surface area contributed by atoms with E-state index in [-0.39, 0.29) is 6.54 Å². The van der Waals surface area contributed by atoms with Gasteiger partial charge in [0.15, 0.2) is 0 Å². The second kappa shape index (κ2) is 7.95. The highest BCUT2D eigenvalue weighted by Crippen LogP contribution is 2.29. The third-order valence-corrected chi connectivity index (χ3v) is 5.07. The summed E-state index contributed by atoms with van der Waals surface area (Å²) in [5.74, 6) is -0.797. The van der Waals surface area contributed by atoms with Crippen LogP contribution in [0.3, 0.4) is 0 Å². The van der Waals surface area contributed by atoms with E-state index in [0.29, 0.717) is 11.3 Å². The van der Waals surface area contributed by atoms with Crippen LogP contribution in [-0.2, 0) is 16.6 Å². The van der Waals surface area contributed by atoms with Gasteiger partial charge >= 0.3 is 6.36 Å². The average Bonchev–Trinajstić information content (AvgIpc) is 2.66. The summed E-state index contributed by atoms with van der Waals surface area (Å²) in [5.41, 5.74) is 1.99. The molecule has 0 aliphatic carbocycles. The van der Waals surface area contributed by atoms with Crippen LogP contribution < -0.4 is 9.46 Å². The Hall–Kier alpha value is -2.98. The van der Waals surface area contributed by atoms with Crippen molar-refractivity contribution in [1.82, 2.24) is 14.7 Å². The smallest absolute Gasteiger partial charge is 0.404 e. The van der Waals surface area contributed by atoms with E-state index in [1.165, 1.54) is 18.3 Å². The van der Waals surface area contributed by atoms with Gasteiger partial charge in [-0.2, -0.15) is 0 Å². The lowest BCUT2D eigenvalue weighted by atomic mass is 10.1. The minimum Gasteiger partial charge on any atom is -0.404 e. The number of hydrogen-bond acceptors (Lipinski definition) is 5. The fourth-order valence-electron chi connectivity index (χ4n) is 2.40. The molecule has 0 fully saturated rings. The lowest BCUT2D eigenvalue weighted by Gasteiger charge is -2.14. The standard InChI is InChI=1S/C18H14F3N3O3S/c19-18(20,21)27-16-3-1-2-4-17(16)28(25,26)24-12-13-5-10-23-15(11-13)14-6-8-22-9-7-14/h1-11,24H,12H2. The number of alkyl halides is 3. The van der Waals surface area contributed by atoms with E-state index in [9.17, 15) is 21.6 Å². The van der Waals surface area contributed by atoms with Crippen molar-refractivity contribution in [3.05, 3.63) is 72.7 Å². The number of ether oxygens (including phenoxy) is 1. The summed E-state index contributed by atoms with van der Waals surface area (Å²) in [7, 11) is -4.24. The van der Waals surface area contributed by atoms with Crippen molar-refractivity contribution >= 4 is 10.0 Å².